The number of likely N-dealkylation sites (N-methyl/N-ethyl adjacent to an activating group) is 1. The van der Waals surface area contributed by atoms with Crippen LogP contribution in [0.1, 0.15) is 194 Å². The van der Waals surface area contributed by atoms with E-state index in [1.54, 1.807) is 21.1 Å². The van der Waals surface area contributed by atoms with Crippen LogP contribution >= 0.6 is 0 Å². The molecule has 0 rings (SSSR count). The number of quaternary nitrogens is 1. The number of allylic oxidation sites excluding steroid dienone is 12. The average Bonchev–Trinajstić information content (AvgIpc) is 3.22. The van der Waals surface area contributed by atoms with Crippen LogP contribution in [0.15, 0.2) is 72.9 Å². The largest absolute Gasteiger partial charge is 0.544 e. The molecule has 0 aliphatic rings. The standard InChI is InChI=1S/C53H91NO7/c1-6-8-10-12-14-16-18-20-22-24-25-26-27-28-30-31-33-35-37-39-41-43-51(55)60-48-49(47-59-46-45-50(53(57)58)54(3,4)5)61-52(56)44-42-40-38-36-34-32-29-23-21-19-17-15-13-11-9-7-2/h9,11,15,17,21,23,26-27,32,34,38,40,49-50H,6-8,10,12-14,16,18-20,22,24-25,28-31,33,35-37,39,41-48H2,1-5H3/b11-9+,17-15+,23-21+,27-26+,34-32+,40-38+. The molecular weight excluding hydrogens is 763 g/mol. The first kappa shape index (κ1) is 57.8. The van der Waals surface area contributed by atoms with Crippen molar-refractivity contribution in [2.24, 2.45) is 0 Å². The van der Waals surface area contributed by atoms with Gasteiger partial charge in [-0.05, 0) is 70.6 Å². The molecule has 61 heavy (non-hydrogen) atoms. The fraction of sp³-hybridized carbons (Fsp3) is 0.717. The van der Waals surface area contributed by atoms with Gasteiger partial charge in [-0.1, -0.05) is 177 Å². The molecule has 8 nitrogen and oxygen atoms in total. The fourth-order valence-corrected chi connectivity index (χ4v) is 6.82. The molecular formula is C53H91NO7. The molecule has 0 amide bonds. The van der Waals surface area contributed by atoms with Crippen LogP contribution in [0.2, 0.25) is 0 Å². The molecule has 2 atom stereocenters. The van der Waals surface area contributed by atoms with Crippen LogP contribution in [-0.2, 0) is 28.6 Å². The van der Waals surface area contributed by atoms with Gasteiger partial charge in [-0.3, -0.25) is 9.59 Å². The third-order valence-electron chi connectivity index (χ3n) is 10.6. The Morgan fingerprint density at radius 2 is 0.951 bits per heavy atom. The fourth-order valence-electron chi connectivity index (χ4n) is 6.82. The summed E-state index contributed by atoms with van der Waals surface area (Å²) in [5, 5.41) is 11.6. The molecule has 2 unspecified atom stereocenters. The Kier molecular flexibility index (Phi) is 41.1. The van der Waals surface area contributed by atoms with Crippen molar-refractivity contribution >= 4 is 17.9 Å². The Hall–Kier alpha value is -3.23. The van der Waals surface area contributed by atoms with Gasteiger partial charge in [0.2, 0.25) is 0 Å². The molecule has 0 bridgehead atoms. The number of hydrogen-bond donors (Lipinski definition) is 0. The number of hydrogen-bond acceptors (Lipinski definition) is 7. The zero-order chi connectivity index (χ0) is 44.9. The topological polar surface area (TPSA) is 102 Å². The summed E-state index contributed by atoms with van der Waals surface area (Å²) in [5.41, 5.74) is 0. The number of rotatable bonds is 43. The Labute approximate surface area is 374 Å². The van der Waals surface area contributed by atoms with Gasteiger partial charge in [0.15, 0.2) is 6.10 Å². The molecule has 0 aliphatic heterocycles. The molecule has 0 heterocycles. The first-order valence-electron chi connectivity index (χ1n) is 24.5. The molecule has 0 aliphatic carbocycles. The van der Waals surface area contributed by atoms with Gasteiger partial charge >= 0.3 is 11.9 Å². The maximum atomic E-state index is 12.7. The van der Waals surface area contributed by atoms with E-state index < -0.39 is 24.1 Å². The number of nitrogens with zero attached hydrogens (tertiary/aromatic N) is 1. The van der Waals surface area contributed by atoms with Crippen LogP contribution in [0.25, 0.3) is 0 Å². The second-order valence-corrected chi connectivity index (χ2v) is 17.3. The third-order valence-corrected chi connectivity index (χ3v) is 10.6. The van der Waals surface area contributed by atoms with Crippen molar-refractivity contribution in [3.05, 3.63) is 72.9 Å². The second-order valence-electron chi connectivity index (χ2n) is 17.3. The zero-order valence-electron chi connectivity index (χ0n) is 39.8. The maximum absolute atomic E-state index is 12.7. The summed E-state index contributed by atoms with van der Waals surface area (Å²) >= 11 is 0. The Morgan fingerprint density at radius 3 is 1.43 bits per heavy atom. The lowest BCUT2D eigenvalue weighted by molar-refractivity contribution is -0.889. The summed E-state index contributed by atoms with van der Waals surface area (Å²) < 4.78 is 17.1. The van der Waals surface area contributed by atoms with E-state index in [1.165, 1.54) is 103 Å². The SMILES string of the molecule is CC/C=C/C/C=C/C/C=C/C/C=C/C/C=C/CCC(=O)OC(COCCC(C(=O)[O-])[N+](C)(C)C)COC(=O)CCCCCCCCC/C=C/CCCCCCCCCCCC. The highest BCUT2D eigenvalue weighted by Gasteiger charge is 2.25. The number of carbonyl (C=O) groups excluding carboxylic acids is 3. The van der Waals surface area contributed by atoms with E-state index in [2.05, 4.69) is 74.6 Å². The number of carboxylic acids is 1. The van der Waals surface area contributed by atoms with Crippen molar-refractivity contribution in [1.29, 1.82) is 0 Å². The molecule has 0 fully saturated rings. The first-order chi connectivity index (χ1) is 29.6. The monoisotopic (exact) mass is 854 g/mol. The number of carbonyl (C=O) groups is 3. The lowest BCUT2D eigenvalue weighted by Crippen LogP contribution is -2.55. The summed E-state index contributed by atoms with van der Waals surface area (Å²) in [5.74, 6) is -1.85. The zero-order valence-corrected chi connectivity index (χ0v) is 39.8. The van der Waals surface area contributed by atoms with Crippen molar-refractivity contribution in [3.63, 3.8) is 0 Å². The lowest BCUT2D eigenvalue weighted by Gasteiger charge is -2.34. The van der Waals surface area contributed by atoms with E-state index in [0.29, 0.717) is 12.8 Å². The van der Waals surface area contributed by atoms with Gasteiger partial charge in [-0.2, -0.15) is 0 Å². The molecule has 0 aromatic rings. The van der Waals surface area contributed by atoms with E-state index in [-0.39, 0.29) is 43.1 Å². The minimum atomic E-state index is -1.14. The minimum absolute atomic E-state index is 0.00670. The highest BCUT2D eigenvalue weighted by molar-refractivity contribution is 5.70. The normalized spacial score (nSPS) is 13.5. The second kappa shape index (κ2) is 43.4. The molecule has 0 saturated heterocycles. The van der Waals surface area contributed by atoms with E-state index in [9.17, 15) is 19.5 Å². The predicted molar refractivity (Wildman–Crippen MR) is 254 cm³/mol. The quantitative estimate of drug-likeness (QED) is 0.0260. The molecule has 0 aromatic heterocycles. The summed E-state index contributed by atoms with van der Waals surface area (Å²) in [6.45, 7) is 4.47. The van der Waals surface area contributed by atoms with Crippen LogP contribution in [0.4, 0.5) is 0 Å². The number of ether oxygens (including phenoxy) is 3. The van der Waals surface area contributed by atoms with E-state index in [1.807, 2.05) is 12.2 Å². The smallest absolute Gasteiger partial charge is 0.306 e. The highest BCUT2D eigenvalue weighted by Crippen LogP contribution is 2.14. The third kappa shape index (κ3) is 41.9. The first-order valence-corrected chi connectivity index (χ1v) is 24.5. The van der Waals surface area contributed by atoms with Crippen molar-refractivity contribution in [1.82, 2.24) is 0 Å². The Bertz CT molecular complexity index is 1230. The van der Waals surface area contributed by atoms with E-state index in [4.69, 9.17) is 14.2 Å². The number of esters is 2. The van der Waals surface area contributed by atoms with Gasteiger partial charge in [0, 0.05) is 19.3 Å². The van der Waals surface area contributed by atoms with Gasteiger partial charge in [-0.25, -0.2) is 0 Å². The van der Waals surface area contributed by atoms with Crippen LogP contribution in [0.3, 0.4) is 0 Å². The highest BCUT2D eigenvalue weighted by atomic mass is 16.6. The molecule has 0 radical (unpaired) electrons. The van der Waals surface area contributed by atoms with Crippen LogP contribution < -0.4 is 5.11 Å². The number of unbranched alkanes of at least 4 members (excludes halogenated alkanes) is 17. The van der Waals surface area contributed by atoms with Gasteiger partial charge < -0.3 is 28.6 Å². The summed E-state index contributed by atoms with van der Waals surface area (Å²) in [6, 6.07) is -0.742. The van der Waals surface area contributed by atoms with Crippen molar-refractivity contribution in [3.8, 4) is 0 Å². The van der Waals surface area contributed by atoms with Gasteiger partial charge in [-0.15, -0.1) is 0 Å². The lowest BCUT2D eigenvalue weighted by atomic mass is 10.1. The summed E-state index contributed by atoms with van der Waals surface area (Å²) in [7, 11) is 5.38. The number of aliphatic carboxylic acids is 1. The van der Waals surface area contributed by atoms with Crippen LogP contribution in [0.5, 0.6) is 0 Å². The van der Waals surface area contributed by atoms with E-state index >= 15 is 0 Å². The number of carboxylic acid groups (broad SMARTS) is 1. The summed E-state index contributed by atoms with van der Waals surface area (Å²) in [4.78, 5) is 36.9. The molecule has 8 heteroatoms. The van der Waals surface area contributed by atoms with E-state index in [0.717, 1.165) is 51.4 Å². The Morgan fingerprint density at radius 1 is 0.508 bits per heavy atom. The van der Waals surface area contributed by atoms with Gasteiger partial charge in [0.1, 0.15) is 12.6 Å². The molecule has 0 spiro atoms. The molecule has 350 valence electrons. The predicted octanol–water partition coefficient (Wildman–Crippen LogP) is 12.6. The maximum Gasteiger partial charge on any atom is 0.306 e. The van der Waals surface area contributed by atoms with Gasteiger partial charge in [0.05, 0.1) is 40.3 Å². The minimum Gasteiger partial charge on any atom is -0.544 e. The van der Waals surface area contributed by atoms with Gasteiger partial charge in [0.25, 0.3) is 0 Å². The van der Waals surface area contributed by atoms with Crippen molar-refractivity contribution in [2.45, 2.75) is 206 Å². The van der Waals surface area contributed by atoms with Crippen molar-refractivity contribution < 1.29 is 38.2 Å². The Balaban J connectivity index is 4.35. The molecule has 0 N–H and O–H groups in total. The van der Waals surface area contributed by atoms with Crippen molar-refractivity contribution in [2.75, 3.05) is 41.0 Å². The average molecular weight is 854 g/mol. The molecule has 0 aromatic carbocycles. The molecule has 0 saturated carbocycles. The van der Waals surface area contributed by atoms with Crippen LogP contribution in [0, 0.1) is 0 Å². The summed E-state index contributed by atoms with van der Waals surface area (Å²) in [6.07, 6.45) is 55.2. The van der Waals surface area contributed by atoms with Crippen LogP contribution in [-0.4, -0.2) is 75.5 Å².